The lowest BCUT2D eigenvalue weighted by molar-refractivity contribution is 0.419. The average molecular weight is 280 g/mol. The van der Waals surface area contributed by atoms with Crippen LogP contribution in [0.4, 0.5) is 0 Å². The normalized spacial score (nSPS) is 16.5. The van der Waals surface area contributed by atoms with Crippen LogP contribution in [0.3, 0.4) is 0 Å². The van der Waals surface area contributed by atoms with Crippen LogP contribution in [0.2, 0.25) is 0 Å². The summed E-state index contributed by atoms with van der Waals surface area (Å²) < 4.78 is 0. The van der Waals surface area contributed by atoms with Crippen molar-refractivity contribution in [3.63, 3.8) is 0 Å². The van der Waals surface area contributed by atoms with E-state index in [1.807, 2.05) is 12.3 Å². The van der Waals surface area contributed by atoms with Crippen LogP contribution < -0.4 is 5.32 Å². The zero-order valence-corrected chi connectivity index (χ0v) is 13.0. The highest BCUT2D eigenvalue weighted by atomic mass is 14.9. The minimum atomic E-state index is 0.240. The summed E-state index contributed by atoms with van der Waals surface area (Å²) in [5.41, 5.74) is 5.25. The van der Waals surface area contributed by atoms with E-state index in [4.69, 9.17) is 0 Å². The van der Waals surface area contributed by atoms with Gasteiger partial charge in [-0.3, -0.25) is 4.98 Å². The Balaban J connectivity index is 1.95. The molecule has 1 N–H and O–H groups in total. The Hall–Kier alpha value is -1.67. The molecule has 0 saturated heterocycles. The highest BCUT2D eigenvalue weighted by molar-refractivity contribution is 5.37. The first-order chi connectivity index (χ1) is 10.3. The van der Waals surface area contributed by atoms with Crippen LogP contribution in [0.15, 0.2) is 42.6 Å². The molecular weight excluding hydrogens is 256 g/mol. The van der Waals surface area contributed by atoms with Crippen LogP contribution in [0.1, 0.15) is 60.5 Å². The number of aromatic nitrogens is 1. The number of aryl methyl sites for hydroxylation is 1. The monoisotopic (exact) mass is 280 g/mol. The Bertz CT molecular complexity index is 602. The van der Waals surface area contributed by atoms with Gasteiger partial charge in [0.15, 0.2) is 0 Å². The fourth-order valence-electron chi connectivity index (χ4n) is 3.15. The Morgan fingerprint density at radius 1 is 1.24 bits per heavy atom. The number of rotatable bonds is 5. The van der Waals surface area contributed by atoms with Crippen LogP contribution in [-0.4, -0.2) is 11.5 Å². The van der Waals surface area contributed by atoms with Crippen LogP contribution in [0.25, 0.3) is 0 Å². The summed E-state index contributed by atoms with van der Waals surface area (Å²) in [6.07, 6.45) is 5.95. The predicted octanol–water partition coefficient (Wildman–Crippen LogP) is 4.36. The Morgan fingerprint density at radius 3 is 2.76 bits per heavy atom. The van der Waals surface area contributed by atoms with Gasteiger partial charge in [0.1, 0.15) is 0 Å². The minimum Gasteiger partial charge on any atom is -0.306 e. The standard InChI is InChI=1S/C19H24N2/c1-3-20-19(18-11-6-12-21-14(18)2)17-10-5-9-16(13-17)15-7-4-8-15/h5-6,9-13,15,19-20H,3-4,7-8H2,1-2H3. The van der Waals surface area contributed by atoms with Crippen molar-refractivity contribution in [1.29, 1.82) is 0 Å². The fourth-order valence-corrected chi connectivity index (χ4v) is 3.15. The molecular formula is C19H24N2. The van der Waals surface area contributed by atoms with E-state index in [9.17, 15) is 0 Å². The molecule has 0 bridgehead atoms. The smallest absolute Gasteiger partial charge is 0.0594 e. The summed E-state index contributed by atoms with van der Waals surface area (Å²) >= 11 is 0. The second-order valence-corrected chi connectivity index (χ2v) is 5.97. The van der Waals surface area contributed by atoms with Crippen molar-refractivity contribution in [3.05, 3.63) is 65.0 Å². The molecule has 0 radical (unpaired) electrons. The third-order valence-electron chi connectivity index (χ3n) is 4.59. The van der Waals surface area contributed by atoms with E-state index in [1.165, 1.54) is 36.0 Å². The summed E-state index contributed by atoms with van der Waals surface area (Å²) in [6, 6.07) is 13.6. The third-order valence-corrected chi connectivity index (χ3v) is 4.59. The van der Waals surface area contributed by atoms with Crippen molar-refractivity contribution in [3.8, 4) is 0 Å². The second-order valence-electron chi connectivity index (χ2n) is 5.97. The molecule has 2 aromatic rings. The van der Waals surface area contributed by atoms with Gasteiger partial charge in [-0.1, -0.05) is 43.7 Å². The van der Waals surface area contributed by atoms with Gasteiger partial charge in [0.05, 0.1) is 6.04 Å². The van der Waals surface area contributed by atoms with E-state index in [2.05, 4.69) is 54.5 Å². The van der Waals surface area contributed by atoms with E-state index in [0.29, 0.717) is 0 Å². The van der Waals surface area contributed by atoms with Crippen molar-refractivity contribution in [2.75, 3.05) is 6.54 Å². The molecule has 2 heteroatoms. The number of hydrogen-bond donors (Lipinski definition) is 1. The Labute approximate surface area is 127 Å². The molecule has 1 atom stereocenters. The average Bonchev–Trinajstić information content (AvgIpc) is 2.44. The molecule has 1 aromatic carbocycles. The zero-order chi connectivity index (χ0) is 14.7. The molecule has 1 saturated carbocycles. The molecule has 1 unspecified atom stereocenters. The van der Waals surface area contributed by atoms with E-state index in [1.54, 1.807) is 0 Å². The number of benzene rings is 1. The summed E-state index contributed by atoms with van der Waals surface area (Å²) in [4.78, 5) is 4.45. The van der Waals surface area contributed by atoms with E-state index >= 15 is 0 Å². The predicted molar refractivity (Wildman–Crippen MR) is 87.5 cm³/mol. The van der Waals surface area contributed by atoms with Crippen LogP contribution >= 0.6 is 0 Å². The van der Waals surface area contributed by atoms with E-state index < -0.39 is 0 Å². The first kappa shape index (κ1) is 14.3. The fraction of sp³-hybridized carbons (Fsp3) is 0.421. The Kier molecular flexibility index (Phi) is 4.35. The second kappa shape index (κ2) is 6.40. The van der Waals surface area contributed by atoms with Crippen molar-refractivity contribution in [2.45, 2.75) is 45.1 Å². The SMILES string of the molecule is CCNC(c1cccc(C2CCC2)c1)c1cccnc1C. The first-order valence-corrected chi connectivity index (χ1v) is 8.04. The van der Waals surface area contributed by atoms with Gasteiger partial charge in [-0.2, -0.15) is 0 Å². The lowest BCUT2D eigenvalue weighted by Gasteiger charge is -2.27. The summed E-state index contributed by atoms with van der Waals surface area (Å²) in [5, 5.41) is 3.62. The van der Waals surface area contributed by atoms with Gasteiger partial charge in [0.25, 0.3) is 0 Å². The van der Waals surface area contributed by atoms with Crippen LogP contribution in [-0.2, 0) is 0 Å². The number of pyridine rings is 1. The maximum absolute atomic E-state index is 4.45. The van der Waals surface area contributed by atoms with Crippen LogP contribution in [0, 0.1) is 6.92 Å². The number of nitrogens with zero attached hydrogens (tertiary/aromatic N) is 1. The minimum absolute atomic E-state index is 0.240. The van der Waals surface area contributed by atoms with Crippen LogP contribution in [0.5, 0.6) is 0 Å². The third kappa shape index (κ3) is 3.01. The van der Waals surface area contributed by atoms with Gasteiger partial charge in [-0.25, -0.2) is 0 Å². The van der Waals surface area contributed by atoms with Gasteiger partial charge in [-0.15, -0.1) is 0 Å². The van der Waals surface area contributed by atoms with Crippen molar-refractivity contribution in [2.24, 2.45) is 0 Å². The molecule has 110 valence electrons. The lowest BCUT2D eigenvalue weighted by Crippen LogP contribution is -2.23. The first-order valence-electron chi connectivity index (χ1n) is 8.04. The molecule has 21 heavy (non-hydrogen) atoms. The highest BCUT2D eigenvalue weighted by Crippen LogP contribution is 2.37. The molecule has 1 heterocycles. The highest BCUT2D eigenvalue weighted by Gasteiger charge is 2.21. The lowest BCUT2D eigenvalue weighted by atomic mass is 9.79. The summed E-state index contributed by atoms with van der Waals surface area (Å²) in [7, 11) is 0. The van der Waals surface area contributed by atoms with Crippen molar-refractivity contribution < 1.29 is 0 Å². The molecule has 2 nitrogen and oxygen atoms in total. The van der Waals surface area contributed by atoms with E-state index in [0.717, 1.165) is 18.2 Å². The zero-order valence-electron chi connectivity index (χ0n) is 13.0. The summed E-state index contributed by atoms with van der Waals surface area (Å²) in [6.45, 7) is 5.20. The van der Waals surface area contributed by atoms with Gasteiger partial charge in [-0.05, 0) is 55.0 Å². The molecule has 1 aromatic heterocycles. The van der Waals surface area contributed by atoms with Crippen molar-refractivity contribution >= 4 is 0 Å². The maximum atomic E-state index is 4.45. The molecule has 1 aliphatic carbocycles. The van der Waals surface area contributed by atoms with Gasteiger partial charge in [0.2, 0.25) is 0 Å². The van der Waals surface area contributed by atoms with E-state index in [-0.39, 0.29) is 6.04 Å². The topological polar surface area (TPSA) is 24.9 Å². The van der Waals surface area contributed by atoms with Crippen molar-refractivity contribution in [1.82, 2.24) is 10.3 Å². The molecule has 0 amide bonds. The molecule has 0 spiro atoms. The Morgan fingerprint density at radius 2 is 2.10 bits per heavy atom. The molecule has 0 aliphatic heterocycles. The summed E-state index contributed by atoms with van der Waals surface area (Å²) in [5.74, 6) is 0.780. The largest absolute Gasteiger partial charge is 0.306 e. The number of nitrogens with one attached hydrogen (secondary N) is 1. The quantitative estimate of drug-likeness (QED) is 0.880. The van der Waals surface area contributed by atoms with Gasteiger partial charge in [0, 0.05) is 11.9 Å². The van der Waals surface area contributed by atoms with Gasteiger partial charge < -0.3 is 5.32 Å². The number of hydrogen-bond acceptors (Lipinski definition) is 2. The van der Waals surface area contributed by atoms with Gasteiger partial charge >= 0.3 is 0 Å². The molecule has 1 fully saturated rings. The molecule has 3 rings (SSSR count). The molecule has 1 aliphatic rings. The maximum Gasteiger partial charge on any atom is 0.0594 e.